The molecular weight excluding hydrogens is 244 g/mol. The molecule has 20 heavy (non-hydrogen) atoms. The Balaban J connectivity index is 1.68. The Morgan fingerprint density at radius 1 is 1.10 bits per heavy atom. The first-order valence-corrected chi connectivity index (χ1v) is 8.22. The molecule has 0 amide bonds. The number of hydrogen-bond donors (Lipinski definition) is 1. The Labute approximate surface area is 123 Å². The van der Waals surface area contributed by atoms with Crippen molar-refractivity contribution in [3.05, 3.63) is 42.0 Å². The lowest BCUT2D eigenvalue weighted by molar-refractivity contribution is 0.296. The Hall–Kier alpha value is -1.24. The minimum absolute atomic E-state index is 0.369. The lowest BCUT2D eigenvalue weighted by Gasteiger charge is -2.26. The van der Waals surface area contributed by atoms with Gasteiger partial charge >= 0.3 is 0 Å². The molecule has 0 aromatic heterocycles. The van der Waals surface area contributed by atoms with Gasteiger partial charge in [0.25, 0.3) is 0 Å². The molecule has 0 aliphatic heterocycles. The molecule has 1 aliphatic carbocycles. The molecular formula is C19H28O. The minimum Gasteiger partial charge on any atom is -0.508 e. The highest BCUT2D eigenvalue weighted by Crippen LogP contribution is 2.32. The maximum Gasteiger partial charge on any atom is 0.115 e. The molecule has 0 atom stereocenters. The van der Waals surface area contributed by atoms with Gasteiger partial charge < -0.3 is 5.11 Å². The van der Waals surface area contributed by atoms with Crippen LogP contribution in [0.5, 0.6) is 5.75 Å². The van der Waals surface area contributed by atoms with Gasteiger partial charge in [0.05, 0.1) is 0 Å². The summed E-state index contributed by atoms with van der Waals surface area (Å²) < 4.78 is 0. The Morgan fingerprint density at radius 2 is 1.80 bits per heavy atom. The van der Waals surface area contributed by atoms with Crippen LogP contribution in [0, 0.1) is 11.8 Å². The first-order chi connectivity index (χ1) is 9.78. The molecule has 0 radical (unpaired) electrons. The second-order valence-electron chi connectivity index (χ2n) is 6.20. The molecule has 1 heteroatoms. The molecule has 0 bridgehead atoms. The molecule has 0 unspecified atom stereocenters. The van der Waals surface area contributed by atoms with Gasteiger partial charge in [0.2, 0.25) is 0 Å². The molecule has 1 aromatic rings. The number of hydrogen-bond acceptors (Lipinski definition) is 1. The van der Waals surface area contributed by atoms with E-state index in [1.54, 1.807) is 12.1 Å². The molecule has 2 rings (SSSR count). The zero-order valence-corrected chi connectivity index (χ0v) is 12.7. The normalized spacial score (nSPS) is 23.2. The molecule has 0 spiro atoms. The van der Waals surface area contributed by atoms with Crippen LogP contribution in [-0.4, -0.2) is 5.11 Å². The van der Waals surface area contributed by atoms with Gasteiger partial charge in [-0.2, -0.15) is 0 Å². The van der Waals surface area contributed by atoms with E-state index in [0.717, 1.165) is 18.3 Å². The van der Waals surface area contributed by atoms with Crippen LogP contribution in [0.3, 0.4) is 0 Å². The third kappa shape index (κ3) is 5.03. The van der Waals surface area contributed by atoms with Gasteiger partial charge in [-0.05, 0) is 74.5 Å². The van der Waals surface area contributed by atoms with Gasteiger partial charge in [-0.25, -0.2) is 0 Å². The van der Waals surface area contributed by atoms with E-state index in [1.807, 2.05) is 0 Å². The number of allylic oxidation sites excluding steroid dienone is 2. The first kappa shape index (κ1) is 15.2. The van der Waals surface area contributed by atoms with E-state index in [2.05, 4.69) is 31.2 Å². The Bertz CT molecular complexity index is 396. The van der Waals surface area contributed by atoms with Crippen molar-refractivity contribution in [3.63, 3.8) is 0 Å². The second kappa shape index (κ2) is 8.14. The van der Waals surface area contributed by atoms with E-state index in [-0.39, 0.29) is 0 Å². The van der Waals surface area contributed by atoms with E-state index in [1.165, 1.54) is 50.5 Å². The van der Waals surface area contributed by atoms with E-state index in [0.29, 0.717) is 5.75 Å². The highest BCUT2D eigenvalue weighted by Gasteiger charge is 2.19. The number of aryl methyl sites for hydroxylation is 1. The quantitative estimate of drug-likeness (QED) is 0.679. The summed E-state index contributed by atoms with van der Waals surface area (Å²) in [6.07, 6.45) is 15.3. The monoisotopic (exact) mass is 272 g/mol. The number of phenolic OH excluding ortho intramolecular Hbond substituents is 1. The van der Waals surface area contributed by atoms with Crippen LogP contribution >= 0.6 is 0 Å². The van der Waals surface area contributed by atoms with Gasteiger partial charge in [0.1, 0.15) is 5.75 Å². The fourth-order valence-corrected chi connectivity index (χ4v) is 3.16. The van der Waals surface area contributed by atoms with Crippen molar-refractivity contribution < 1.29 is 5.11 Å². The first-order valence-electron chi connectivity index (χ1n) is 8.22. The largest absolute Gasteiger partial charge is 0.508 e. The molecule has 110 valence electrons. The van der Waals surface area contributed by atoms with Gasteiger partial charge in [0.15, 0.2) is 0 Å². The molecule has 0 heterocycles. The van der Waals surface area contributed by atoms with Gasteiger partial charge in [-0.15, -0.1) is 0 Å². The standard InChI is InChI=1S/C19H28O/c1-2-3-4-5-16-6-8-17(9-7-16)10-11-18-12-14-19(20)15-13-18/h4-5,12-17,20H,2-3,6-11H2,1H3. The average Bonchev–Trinajstić information content (AvgIpc) is 2.48. The second-order valence-corrected chi connectivity index (χ2v) is 6.20. The molecule has 0 saturated heterocycles. The molecule has 1 aliphatic rings. The summed E-state index contributed by atoms with van der Waals surface area (Å²) in [5.41, 5.74) is 1.35. The zero-order valence-electron chi connectivity index (χ0n) is 12.7. The van der Waals surface area contributed by atoms with Gasteiger partial charge in [0, 0.05) is 0 Å². The molecule has 1 nitrogen and oxygen atoms in total. The maximum atomic E-state index is 9.29. The van der Waals surface area contributed by atoms with E-state index in [9.17, 15) is 5.11 Å². The van der Waals surface area contributed by atoms with E-state index >= 15 is 0 Å². The van der Waals surface area contributed by atoms with E-state index in [4.69, 9.17) is 0 Å². The summed E-state index contributed by atoms with van der Waals surface area (Å²) in [4.78, 5) is 0. The summed E-state index contributed by atoms with van der Waals surface area (Å²) in [6, 6.07) is 7.69. The highest BCUT2D eigenvalue weighted by molar-refractivity contribution is 5.25. The fourth-order valence-electron chi connectivity index (χ4n) is 3.16. The number of phenols is 1. The average molecular weight is 272 g/mol. The maximum absolute atomic E-state index is 9.29. The van der Waals surface area contributed by atoms with Crippen molar-refractivity contribution in [1.82, 2.24) is 0 Å². The fraction of sp³-hybridized carbons (Fsp3) is 0.579. The molecule has 1 aromatic carbocycles. The smallest absolute Gasteiger partial charge is 0.115 e. The van der Waals surface area contributed by atoms with Crippen molar-refractivity contribution in [2.24, 2.45) is 11.8 Å². The SMILES string of the molecule is CCCC=CC1CCC(CCc2ccc(O)cc2)CC1. The Kier molecular flexibility index (Phi) is 6.17. The number of aromatic hydroxyl groups is 1. The predicted octanol–water partition coefficient (Wildman–Crippen LogP) is 5.49. The highest BCUT2D eigenvalue weighted by atomic mass is 16.3. The van der Waals surface area contributed by atoms with Crippen LogP contribution in [0.15, 0.2) is 36.4 Å². The van der Waals surface area contributed by atoms with Crippen LogP contribution in [0.1, 0.15) is 57.4 Å². The predicted molar refractivity (Wildman–Crippen MR) is 85.9 cm³/mol. The number of unbranched alkanes of at least 4 members (excludes halogenated alkanes) is 1. The lowest BCUT2D eigenvalue weighted by atomic mass is 9.79. The van der Waals surface area contributed by atoms with Gasteiger partial charge in [-0.1, -0.05) is 37.6 Å². The van der Waals surface area contributed by atoms with Crippen molar-refractivity contribution in [1.29, 1.82) is 0 Å². The van der Waals surface area contributed by atoms with Crippen molar-refractivity contribution in [3.8, 4) is 5.75 Å². The third-order valence-corrected chi connectivity index (χ3v) is 4.53. The topological polar surface area (TPSA) is 20.2 Å². The van der Waals surface area contributed by atoms with Crippen LogP contribution < -0.4 is 0 Å². The zero-order chi connectivity index (χ0) is 14.2. The van der Waals surface area contributed by atoms with Gasteiger partial charge in [-0.3, -0.25) is 0 Å². The molecule has 1 N–H and O–H groups in total. The van der Waals surface area contributed by atoms with Crippen molar-refractivity contribution in [2.75, 3.05) is 0 Å². The van der Waals surface area contributed by atoms with Crippen molar-refractivity contribution in [2.45, 2.75) is 58.3 Å². The summed E-state index contributed by atoms with van der Waals surface area (Å²) in [6.45, 7) is 2.24. The third-order valence-electron chi connectivity index (χ3n) is 4.53. The summed E-state index contributed by atoms with van der Waals surface area (Å²) in [7, 11) is 0. The minimum atomic E-state index is 0.369. The summed E-state index contributed by atoms with van der Waals surface area (Å²) >= 11 is 0. The van der Waals surface area contributed by atoms with Crippen LogP contribution in [0.4, 0.5) is 0 Å². The van der Waals surface area contributed by atoms with Crippen LogP contribution in [0.2, 0.25) is 0 Å². The van der Waals surface area contributed by atoms with E-state index < -0.39 is 0 Å². The Morgan fingerprint density at radius 3 is 2.45 bits per heavy atom. The molecule has 1 fully saturated rings. The lowest BCUT2D eigenvalue weighted by Crippen LogP contribution is -2.13. The van der Waals surface area contributed by atoms with Crippen LogP contribution in [-0.2, 0) is 6.42 Å². The molecule has 1 saturated carbocycles. The van der Waals surface area contributed by atoms with Crippen molar-refractivity contribution >= 4 is 0 Å². The number of benzene rings is 1. The number of rotatable bonds is 6. The van der Waals surface area contributed by atoms with Crippen LogP contribution in [0.25, 0.3) is 0 Å². The summed E-state index contributed by atoms with van der Waals surface area (Å²) in [5.74, 6) is 2.11. The summed E-state index contributed by atoms with van der Waals surface area (Å²) in [5, 5.41) is 9.29.